The lowest BCUT2D eigenvalue weighted by atomic mass is 10.0. The molecular formula is C44H46Cl2N12O4. The number of nitrogens with zero attached hydrogens (tertiary/aromatic N) is 9. The second-order valence-electron chi connectivity index (χ2n) is 16.2. The molecule has 4 atom stereocenters. The molecule has 2 amide bonds. The zero-order valence-corrected chi connectivity index (χ0v) is 36.2. The summed E-state index contributed by atoms with van der Waals surface area (Å²) in [4.78, 5) is 64.2. The first kappa shape index (κ1) is 41.4. The van der Waals surface area contributed by atoms with Gasteiger partial charge in [0.1, 0.15) is 11.5 Å². The molecule has 62 heavy (non-hydrogen) atoms. The van der Waals surface area contributed by atoms with E-state index in [0.29, 0.717) is 84.9 Å². The lowest BCUT2D eigenvalue weighted by Crippen LogP contribution is -2.51. The van der Waals surface area contributed by atoms with Crippen LogP contribution in [0, 0.1) is 13.8 Å². The van der Waals surface area contributed by atoms with Gasteiger partial charge < -0.3 is 40.1 Å². The summed E-state index contributed by atoms with van der Waals surface area (Å²) in [6.45, 7) is 7.21. The molecule has 0 spiro atoms. The topological polar surface area (TPSA) is 176 Å². The standard InChI is InChI=1S/C44H46Cl2N12O4/c1-24-35-18-28(20-48-39(35)54-43(50-24)57-15-13-31(14-16-57)56(3)4)52-41(59)37(61-33-9-5-26(45)6-10-33)38(62-34-11-7-27(46)8-12-34)42(60)53-29-19-36-25(2)51-44(55-40(36)49-21-29)58-23-30-17-32(58)22-47-30/h5-12,18-21,30-32,37-38,47H,13-17,22-23H2,1-4H3,(H,52,59)(H,53,60). The smallest absolute Gasteiger partial charge is 0.270 e. The summed E-state index contributed by atoms with van der Waals surface area (Å²) < 4.78 is 12.7. The predicted octanol–water partition coefficient (Wildman–Crippen LogP) is 5.84. The maximum absolute atomic E-state index is 14.5. The molecule has 3 aliphatic heterocycles. The van der Waals surface area contributed by atoms with Gasteiger partial charge in [-0.2, -0.15) is 9.97 Å². The zero-order chi connectivity index (χ0) is 43.1. The summed E-state index contributed by atoms with van der Waals surface area (Å²) in [5, 5.41) is 11.6. The van der Waals surface area contributed by atoms with Crippen LogP contribution in [0.2, 0.25) is 10.0 Å². The fourth-order valence-electron chi connectivity index (χ4n) is 8.33. The third-order valence-corrected chi connectivity index (χ3v) is 12.2. The van der Waals surface area contributed by atoms with Crippen molar-refractivity contribution < 1.29 is 19.1 Å². The Kier molecular flexibility index (Phi) is 11.6. The third kappa shape index (κ3) is 8.86. The van der Waals surface area contributed by atoms with Crippen LogP contribution in [-0.2, 0) is 9.59 Å². The van der Waals surface area contributed by atoms with Crippen molar-refractivity contribution in [3.63, 3.8) is 0 Å². The average Bonchev–Trinajstić information content (AvgIpc) is 3.91. The monoisotopic (exact) mass is 876 g/mol. The molecule has 6 aromatic rings. The number of piperidine rings is 1. The van der Waals surface area contributed by atoms with Gasteiger partial charge in [0.15, 0.2) is 11.3 Å². The van der Waals surface area contributed by atoms with Crippen molar-refractivity contribution >= 4 is 80.4 Å². The van der Waals surface area contributed by atoms with Gasteiger partial charge >= 0.3 is 0 Å². The number of piperazine rings is 1. The first-order valence-electron chi connectivity index (χ1n) is 20.6. The summed E-state index contributed by atoms with van der Waals surface area (Å²) in [6.07, 6.45) is 3.01. The Balaban J connectivity index is 1.00. The van der Waals surface area contributed by atoms with E-state index in [-0.39, 0.29) is 11.5 Å². The Morgan fingerprint density at radius 3 is 1.73 bits per heavy atom. The van der Waals surface area contributed by atoms with Crippen LogP contribution < -0.4 is 35.2 Å². The molecule has 0 radical (unpaired) electrons. The summed E-state index contributed by atoms with van der Waals surface area (Å²) in [5.74, 6) is 0.438. The highest BCUT2D eigenvalue weighted by Crippen LogP contribution is 2.30. The highest BCUT2D eigenvalue weighted by atomic mass is 35.5. The van der Waals surface area contributed by atoms with Gasteiger partial charge in [0, 0.05) is 65.1 Å². The van der Waals surface area contributed by atoms with E-state index in [1.54, 1.807) is 60.7 Å². The molecule has 18 heteroatoms. The maximum atomic E-state index is 14.5. The number of benzene rings is 2. The van der Waals surface area contributed by atoms with Crippen LogP contribution in [0.5, 0.6) is 11.5 Å². The van der Waals surface area contributed by atoms with Crippen molar-refractivity contribution in [2.75, 3.05) is 60.7 Å². The van der Waals surface area contributed by atoms with Gasteiger partial charge in [-0.05, 0) is 108 Å². The zero-order valence-electron chi connectivity index (χ0n) is 34.7. The van der Waals surface area contributed by atoms with Gasteiger partial charge in [0.25, 0.3) is 11.8 Å². The summed E-state index contributed by atoms with van der Waals surface area (Å²) >= 11 is 12.4. The first-order valence-corrected chi connectivity index (χ1v) is 21.4. The highest BCUT2D eigenvalue weighted by molar-refractivity contribution is 6.30. The molecule has 0 aliphatic carbocycles. The van der Waals surface area contributed by atoms with Crippen molar-refractivity contribution in [3.05, 3.63) is 94.5 Å². The Bertz CT molecular complexity index is 2630. The number of halogens is 2. The van der Waals surface area contributed by atoms with Gasteiger partial charge in [0.2, 0.25) is 24.1 Å². The molecule has 16 nitrogen and oxygen atoms in total. The van der Waals surface area contributed by atoms with Crippen LogP contribution >= 0.6 is 23.2 Å². The van der Waals surface area contributed by atoms with Crippen LogP contribution in [0.4, 0.5) is 23.3 Å². The minimum atomic E-state index is -1.56. The molecule has 0 saturated carbocycles. The lowest BCUT2D eigenvalue weighted by molar-refractivity contribution is -0.136. The highest BCUT2D eigenvalue weighted by Gasteiger charge is 2.40. The Labute approximate surface area is 368 Å². The number of hydrogen-bond donors (Lipinski definition) is 3. The van der Waals surface area contributed by atoms with Crippen molar-refractivity contribution in [1.82, 2.24) is 40.1 Å². The quantitative estimate of drug-likeness (QED) is 0.134. The van der Waals surface area contributed by atoms with Crippen molar-refractivity contribution in [2.24, 2.45) is 0 Å². The Morgan fingerprint density at radius 2 is 1.26 bits per heavy atom. The molecule has 320 valence electrons. The molecule has 2 aromatic carbocycles. The van der Waals surface area contributed by atoms with Gasteiger partial charge in [0.05, 0.1) is 35.2 Å². The molecule has 4 unspecified atom stereocenters. The fraction of sp³-hybridized carbons (Fsp3) is 0.364. The van der Waals surface area contributed by atoms with E-state index in [1.165, 1.54) is 12.4 Å². The number of aryl methyl sites for hydroxylation is 2. The van der Waals surface area contributed by atoms with E-state index >= 15 is 0 Å². The minimum absolute atomic E-state index is 0.271. The van der Waals surface area contributed by atoms with Crippen molar-refractivity contribution in [1.29, 1.82) is 0 Å². The number of anilines is 4. The van der Waals surface area contributed by atoms with E-state index < -0.39 is 24.0 Å². The number of nitrogens with one attached hydrogen (secondary N) is 3. The predicted molar refractivity (Wildman–Crippen MR) is 240 cm³/mol. The van der Waals surface area contributed by atoms with Gasteiger partial charge in [-0.1, -0.05) is 23.2 Å². The van der Waals surface area contributed by atoms with E-state index in [1.807, 2.05) is 13.8 Å². The molecule has 4 aromatic heterocycles. The molecule has 3 saturated heterocycles. The number of carbonyl (C=O) groups excluding carboxylic acids is 2. The number of carbonyl (C=O) groups is 2. The molecule has 3 fully saturated rings. The SMILES string of the molecule is Cc1nc(N2CCC(N(C)C)CC2)nc2ncc(NC(=O)C(Oc3ccc(Cl)cc3)C(Oc3ccc(Cl)cc3)C(=O)Nc3cnc4nc(N5CC6CC5CN6)nc(C)c4c3)cc12. The molecule has 9 rings (SSSR count). The molecule has 3 N–H and O–H groups in total. The van der Waals surface area contributed by atoms with Gasteiger partial charge in [-0.3, -0.25) is 9.59 Å². The van der Waals surface area contributed by atoms with Crippen molar-refractivity contribution in [3.8, 4) is 11.5 Å². The molecule has 7 heterocycles. The fourth-order valence-corrected chi connectivity index (χ4v) is 8.58. The second-order valence-corrected chi connectivity index (χ2v) is 17.1. The number of hydrogen-bond acceptors (Lipinski definition) is 14. The normalized spacial score (nSPS) is 18.6. The van der Waals surface area contributed by atoms with Crippen LogP contribution in [0.3, 0.4) is 0 Å². The molecular weight excluding hydrogens is 831 g/mol. The second kappa shape index (κ2) is 17.4. The average molecular weight is 878 g/mol. The van der Waals surface area contributed by atoms with Crippen LogP contribution in [0.15, 0.2) is 73.1 Å². The van der Waals surface area contributed by atoms with E-state index in [9.17, 15) is 9.59 Å². The lowest BCUT2D eigenvalue weighted by Gasteiger charge is -2.35. The number of fused-ring (bicyclic) bond motifs is 4. The van der Waals surface area contributed by atoms with Crippen LogP contribution in [-0.4, -0.2) is 117 Å². The van der Waals surface area contributed by atoms with E-state index in [4.69, 9.17) is 52.6 Å². The number of aromatic nitrogens is 6. The van der Waals surface area contributed by atoms with E-state index in [2.05, 4.69) is 54.7 Å². The Morgan fingerprint density at radius 1 is 0.758 bits per heavy atom. The van der Waals surface area contributed by atoms with E-state index in [0.717, 1.165) is 45.4 Å². The number of pyridine rings is 2. The molecule has 3 aliphatic rings. The van der Waals surface area contributed by atoms with Gasteiger partial charge in [-0.25, -0.2) is 19.9 Å². The number of rotatable bonds is 12. The van der Waals surface area contributed by atoms with Crippen molar-refractivity contribution in [2.45, 2.75) is 63.4 Å². The number of amides is 2. The van der Waals surface area contributed by atoms with Crippen LogP contribution in [0.1, 0.15) is 30.7 Å². The summed E-state index contributed by atoms with van der Waals surface area (Å²) in [5.41, 5.74) is 3.12. The Hall–Kier alpha value is -5.94. The summed E-state index contributed by atoms with van der Waals surface area (Å²) in [6, 6.07) is 17.7. The third-order valence-electron chi connectivity index (χ3n) is 11.7. The summed E-state index contributed by atoms with van der Waals surface area (Å²) in [7, 11) is 4.21. The molecule has 2 bridgehead atoms. The largest absolute Gasteiger partial charge is 0.476 e. The first-order chi connectivity index (χ1) is 29.9. The number of ether oxygens (including phenoxy) is 2. The van der Waals surface area contributed by atoms with Crippen LogP contribution in [0.25, 0.3) is 22.1 Å². The minimum Gasteiger partial charge on any atom is -0.476 e. The maximum Gasteiger partial charge on any atom is 0.270 e. The van der Waals surface area contributed by atoms with Gasteiger partial charge in [-0.15, -0.1) is 0 Å².